The van der Waals surface area contributed by atoms with E-state index in [0.29, 0.717) is 38.2 Å². The maximum Gasteiger partial charge on any atom is 0.271 e. The van der Waals surface area contributed by atoms with Crippen molar-refractivity contribution < 1.29 is 17.9 Å². The first-order valence-electron chi connectivity index (χ1n) is 9.28. The van der Waals surface area contributed by atoms with Crippen LogP contribution in [-0.4, -0.2) is 65.2 Å². The fourth-order valence-corrected chi connectivity index (χ4v) is 4.76. The molecule has 28 heavy (non-hydrogen) atoms. The summed E-state index contributed by atoms with van der Waals surface area (Å²) in [6.45, 7) is 3.55. The van der Waals surface area contributed by atoms with Gasteiger partial charge in [-0.3, -0.25) is 9.89 Å². The van der Waals surface area contributed by atoms with E-state index in [9.17, 15) is 13.2 Å². The van der Waals surface area contributed by atoms with Crippen LogP contribution in [0.4, 0.5) is 0 Å². The van der Waals surface area contributed by atoms with Crippen LogP contribution in [-0.2, 0) is 16.6 Å². The van der Waals surface area contributed by atoms with Gasteiger partial charge in [0.05, 0.1) is 12.8 Å². The lowest BCUT2D eigenvalue weighted by Gasteiger charge is -2.42. The van der Waals surface area contributed by atoms with Crippen LogP contribution in [0.3, 0.4) is 0 Å². The van der Waals surface area contributed by atoms with Crippen LogP contribution < -0.4 is 4.74 Å². The number of aromatic nitrogens is 2. The summed E-state index contributed by atoms with van der Waals surface area (Å²) in [4.78, 5) is 14.3. The lowest BCUT2D eigenvalue weighted by atomic mass is 9.90. The van der Waals surface area contributed by atoms with E-state index in [-0.39, 0.29) is 12.5 Å². The Balaban J connectivity index is 1.60. The van der Waals surface area contributed by atoms with Crippen molar-refractivity contribution in [3.63, 3.8) is 0 Å². The number of H-pyrrole nitrogens is 1. The van der Waals surface area contributed by atoms with Crippen LogP contribution in [0.25, 0.3) is 0 Å². The number of hydrogen-bond acceptors (Lipinski definition) is 5. The average molecular weight is 404 g/mol. The molecule has 0 saturated carbocycles. The Morgan fingerprint density at radius 1 is 1.25 bits per heavy atom. The summed E-state index contributed by atoms with van der Waals surface area (Å²) in [7, 11) is -3.39. The number of carbonyl (C=O) groups is 1. The Morgan fingerprint density at radius 3 is 2.64 bits per heavy atom. The van der Waals surface area contributed by atoms with Gasteiger partial charge in [0.25, 0.3) is 5.91 Å². The topological polar surface area (TPSA) is 95.6 Å². The summed E-state index contributed by atoms with van der Waals surface area (Å²) >= 11 is 0. The summed E-state index contributed by atoms with van der Waals surface area (Å²) in [5.41, 5.74) is 1.75. The van der Waals surface area contributed by atoms with Gasteiger partial charge in [-0.15, -0.1) is 0 Å². The Bertz CT molecular complexity index is 979. The molecular weight excluding hydrogens is 380 g/mol. The van der Waals surface area contributed by atoms with Gasteiger partial charge in [0, 0.05) is 44.2 Å². The maximum absolute atomic E-state index is 12.6. The number of nitrogens with one attached hydrogen (secondary N) is 1. The molecule has 2 aromatic rings. The molecule has 1 spiro atoms. The van der Waals surface area contributed by atoms with Crippen molar-refractivity contribution in [1.29, 1.82) is 0 Å². The van der Waals surface area contributed by atoms with Gasteiger partial charge in [0.2, 0.25) is 10.0 Å². The number of carbonyl (C=O) groups excluding carboxylic acids is 1. The van der Waals surface area contributed by atoms with Crippen LogP contribution in [0.2, 0.25) is 0 Å². The second-order valence-corrected chi connectivity index (χ2v) is 9.67. The number of benzene rings is 1. The van der Waals surface area contributed by atoms with E-state index in [4.69, 9.17) is 4.74 Å². The molecule has 1 amide bonds. The van der Waals surface area contributed by atoms with Gasteiger partial charge in [0.1, 0.15) is 17.0 Å². The van der Waals surface area contributed by atoms with Crippen LogP contribution in [0.15, 0.2) is 30.5 Å². The highest BCUT2D eigenvalue weighted by Crippen LogP contribution is 2.37. The highest BCUT2D eigenvalue weighted by Gasteiger charge is 2.43. The van der Waals surface area contributed by atoms with E-state index in [0.717, 1.165) is 16.9 Å². The fraction of sp³-hybridized carbons (Fsp3) is 0.474. The SMILES string of the molecule is Cc1ccc2c(c1)CN(S(C)(=O)=O)CC1(CCN(C(=O)c3ccn[nH]3)CC1)O2. The standard InChI is InChI=1S/C19H24N4O4S/c1-14-3-4-17-15(11-14)12-23(28(2,25)26)13-19(27-17)6-9-22(10-7-19)18(24)16-5-8-20-21-16/h3-5,8,11H,6-7,9-10,12-13H2,1-2H3,(H,20,21). The quantitative estimate of drug-likeness (QED) is 0.819. The van der Waals surface area contributed by atoms with Crippen molar-refractivity contribution in [1.82, 2.24) is 19.4 Å². The van der Waals surface area contributed by atoms with Crippen molar-refractivity contribution in [2.24, 2.45) is 0 Å². The first-order chi connectivity index (χ1) is 13.3. The molecule has 1 aromatic heterocycles. The van der Waals surface area contributed by atoms with Crippen molar-refractivity contribution in [2.75, 3.05) is 25.9 Å². The van der Waals surface area contributed by atoms with Gasteiger partial charge in [-0.05, 0) is 19.1 Å². The van der Waals surface area contributed by atoms with Crippen molar-refractivity contribution in [3.05, 3.63) is 47.3 Å². The Hall–Kier alpha value is -2.39. The number of rotatable bonds is 2. The summed E-state index contributed by atoms with van der Waals surface area (Å²) in [6, 6.07) is 7.52. The van der Waals surface area contributed by atoms with Crippen LogP contribution in [0.5, 0.6) is 5.75 Å². The lowest BCUT2D eigenvalue weighted by molar-refractivity contribution is -0.00265. The molecule has 0 bridgehead atoms. The molecule has 0 aliphatic carbocycles. The van der Waals surface area contributed by atoms with Gasteiger partial charge >= 0.3 is 0 Å². The van der Waals surface area contributed by atoms with Gasteiger partial charge in [-0.1, -0.05) is 17.7 Å². The van der Waals surface area contributed by atoms with E-state index in [2.05, 4.69) is 10.2 Å². The zero-order valence-corrected chi connectivity index (χ0v) is 16.8. The second kappa shape index (κ2) is 6.89. The normalized spacial score (nSPS) is 19.7. The Kier molecular flexibility index (Phi) is 4.67. The van der Waals surface area contributed by atoms with E-state index < -0.39 is 15.6 Å². The Labute approximate surface area is 164 Å². The Morgan fingerprint density at radius 2 is 2.00 bits per heavy atom. The minimum absolute atomic E-state index is 0.100. The van der Waals surface area contributed by atoms with E-state index >= 15 is 0 Å². The molecule has 8 nitrogen and oxygen atoms in total. The third-order valence-corrected chi connectivity index (χ3v) is 6.71. The number of likely N-dealkylation sites (tertiary alicyclic amines) is 1. The molecule has 0 atom stereocenters. The number of aromatic amines is 1. The molecule has 150 valence electrons. The number of ether oxygens (including phenoxy) is 1. The second-order valence-electron chi connectivity index (χ2n) is 7.69. The third kappa shape index (κ3) is 3.64. The number of aryl methyl sites for hydroxylation is 1. The summed E-state index contributed by atoms with van der Waals surface area (Å²) < 4.78 is 32.7. The predicted octanol–water partition coefficient (Wildman–Crippen LogP) is 1.55. The number of hydrogen-bond donors (Lipinski definition) is 1. The van der Waals surface area contributed by atoms with Crippen LogP contribution >= 0.6 is 0 Å². The molecular formula is C19H24N4O4S. The fourth-order valence-electron chi connectivity index (χ4n) is 3.92. The van der Waals surface area contributed by atoms with Gasteiger partial charge in [-0.2, -0.15) is 9.40 Å². The van der Waals surface area contributed by atoms with E-state index in [1.54, 1.807) is 17.2 Å². The molecule has 2 aliphatic heterocycles. The number of nitrogens with zero attached hydrogens (tertiary/aromatic N) is 3. The first-order valence-corrected chi connectivity index (χ1v) is 11.1. The smallest absolute Gasteiger partial charge is 0.271 e. The lowest BCUT2D eigenvalue weighted by Crippen LogP contribution is -2.55. The zero-order valence-electron chi connectivity index (χ0n) is 16.0. The molecule has 1 saturated heterocycles. The van der Waals surface area contributed by atoms with Crippen molar-refractivity contribution in [2.45, 2.75) is 31.9 Å². The molecule has 4 rings (SSSR count). The van der Waals surface area contributed by atoms with Crippen LogP contribution in [0.1, 0.15) is 34.5 Å². The summed E-state index contributed by atoms with van der Waals surface area (Å²) in [6.07, 6.45) is 3.91. The molecule has 3 heterocycles. The first kappa shape index (κ1) is 18.9. The number of piperidine rings is 1. The van der Waals surface area contributed by atoms with Gasteiger partial charge in [0.15, 0.2) is 0 Å². The monoisotopic (exact) mass is 404 g/mol. The molecule has 1 aromatic carbocycles. The molecule has 0 radical (unpaired) electrons. The molecule has 1 N–H and O–H groups in total. The minimum Gasteiger partial charge on any atom is -0.485 e. The highest BCUT2D eigenvalue weighted by molar-refractivity contribution is 7.88. The maximum atomic E-state index is 12.6. The summed E-state index contributed by atoms with van der Waals surface area (Å²) in [5.74, 6) is 0.627. The number of amides is 1. The van der Waals surface area contributed by atoms with Gasteiger partial charge < -0.3 is 9.64 Å². The van der Waals surface area contributed by atoms with Crippen molar-refractivity contribution >= 4 is 15.9 Å². The number of sulfonamides is 1. The predicted molar refractivity (Wildman–Crippen MR) is 104 cm³/mol. The minimum atomic E-state index is -3.39. The number of fused-ring (bicyclic) bond motifs is 1. The van der Waals surface area contributed by atoms with Crippen LogP contribution in [0, 0.1) is 6.92 Å². The van der Waals surface area contributed by atoms with E-state index in [1.807, 2.05) is 25.1 Å². The highest BCUT2D eigenvalue weighted by atomic mass is 32.2. The largest absolute Gasteiger partial charge is 0.485 e. The molecule has 9 heteroatoms. The van der Waals surface area contributed by atoms with Crippen molar-refractivity contribution in [3.8, 4) is 5.75 Å². The molecule has 1 fully saturated rings. The molecule has 2 aliphatic rings. The van der Waals surface area contributed by atoms with E-state index in [1.165, 1.54) is 10.6 Å². The average Bonchev–Trinajstić information content (AvgIpc) is 3.12. The summed E-state index contributed by atoms with van der Waals surface area (Å²) in [5, 5.41) is 6.53. The molecule has 0 unspecified atom stereocenters. The zero-order chi connectivity index (χ0) is 19.9. The third-order valence-electron chi connectivity index (χ3n) is 5.52. The van der Waals surface area contributed by atoms with Gasteiger partial charge in [-0.25, -0.2) is 8.42 Å².